The van der Waals surface area contributed by atoms with Crippen LogP contribution >= 0.6 is 0 Å². The van der Waals surface area contributed by atoms with Crippen molar-refractivity contribution in [1.82, 2.24) is 5.32 Å². The number of nitrogens with one attached hydrogen (secondary N) is 1. The number of ether oxygens (including phenoxy) is 3. The molecule has 1 aliphatic heterocycles. The second-order valence-electron chi connectivity index (χ2n) is 5.37. The summed E-state index contributed by atoms with van der Waals surface area (Å²) in [4.78, 5) is 23.8. The first-order valence-corrected chi connectivity index (χ1v) is 7.44. The van der Waals surface area contributed by atoms with Crippen LogP contribution in [0.25, 0.3) is 0 Å². The third-order valence-corrected chi connectivity index (χ3v) is 3.69. The Labute approximate surface area is 138 Å². The molecule has 1 aromatic heterocycles. The standard InChI is InChI=1S/C17H17NO6/c1-10(12-3-4-14-15(7-12)24-9-23-14)18-16(19)8-22-17(20)13-5-6-21-11(13)2/h3-7,10H,8-9H2,1-2H3,(H,18,19). The fraction of sp³-hybridized carbons (Fsp3) is 0.294. The van der Waals surface area contributed by atoms with Crippen LogP contribution in [0.1, 0.15) is 34.6 Å². The molecule has 0 radical (unpaired) electrons. The predicted molar refractivity (Wildman–Crippen MR) is 82.9 cm³/mol. The van der Waals surface area contributed by atoms with Crippen molar-refractivity contribution in [3.05, 3.63) is 47.4 Å². The predicted octanol–water partition coefficient (Wildman–Crippen LogP) is 2.35. The minimum atomic E-state index is -0.591. The van der Waals surface area contributed by atoms with Crippen LogP contribution in [0, 0.1) is 6.92 Å². The van der Waals surface area contributed by atoms with Crippen LogP contribution in [0.3, 0.4) is 0 Å². The van der Waals surface area contributed by atoms with Gasteiger partial charge in [0.15, 0.2) is 18.1 Å². The number of carbonyl (C=O) groups is 2. The molecule has 1 N–H and O–H groups in total. The van der Waals surface area contributed by atoms with E-state index in [2.05, 4.69) is 5.32 Å². The van der Waals surface area contributed by atoms with Gasteiger partial charge in [-0.1, -0.05) is 6.07 Å². The van der Waals surface area contributed by atoms with Gasteiger partial charge in [0.2, 0.25) is 6.79 Å². The van der Waals surface area contributed by atoms with Gasteiger partial charge in [0.1, 0.15) is 11.3 Å². The number of rotatable bonds is 5. The number of aryl methyl sites for hydroxylation is 1. The van der Waals surface area contributed by atoms with E-state index in [1.807, 2.05) is 19.1 Å². The van der Waals surface area contributed by atoms with Crippen molar-refractivity contribution in [3.63, 3.8) is 0 Å². The first-order valence-electron chi connectivity index (χ1n) is 7.44. The maximum atomic E-state index is 12.0. The van der Waals surface area contributed by atoms with Crippen LogP contribution < -0.4 is 14.8 Å². The molecule has 1 aliphatic rings. The summed E-state index contributed by atoms with van der Waals surface area (Å²) in [7, 11) is 0. The van der Waals surface area contributed by atoms with Gasteiger partial charge in [-0.15, -0.1) is 0 Å². The lowest BCUT2D eigenvalue weighted by Crippen LogP contribution is -2.31. The minimum Gasteiger partial charge on any atom is -0.469 e. The molecule has 0 bridgehead atoms. The summed E-state index contributed by atoms with van der Waals surface area (Å²) in [6.07, 6.45) is 1.40. The highest BCUT2D eigenvalue weighted by molar-refractivity contribution is 5.92. The van der Waals surface area contributed by atoms with Crippen LogP contribution in [0.2, 0.25) is 0 Å². The lowest BCUT2D eigenvalue weighted by molar-refractivity contribution is -0.124. The van der Waals surface area contributed by atoms with Gasteiger partial charge in [0.05, 0.1) is 12.3 Å². The van der Waals surface area contributed by atoms with E-state index in [1.165, 1.54) is 12.3 Å². The Balaban J connectivity index is 1.53. The van der Waals surface area contributed by atoms with Crippen molar-refractivity contribution in [3.8, 4) is 11.5 Å². The maximum absolute atomic E-state index is 12.0. The van der Waals surface area contributed by atoms with E-state index in [0.29, 0.717) is 22.8 Å². The number of esters is 1. The molecule has 1 aromatic carbocycles. The number of furan rings is 1. The van der Waals surface area contributed by atoms with Crippen molar-refractivity contribution in [2.24, 2.45) is 0 Å². The van der Waals surface area contributed by atoms with Crippen LogP contribution in [-0.2, 0) is 9.53 Å². The zero-order valence-corrected chi connectivity index (χ0v) is 13.3. The summed E-state index contributed by atoms with van der Waals surface area (Å²) in [6, 6.07) is 6.70. The summed E-state index contributed by atoms with van der Waals surface area (Å²) in [5, 5.41) is 2.77. The highest BCUT2D eigenvalue weighted by atomic mass is 16.7. The quantitative estimate of drug-likeness (QED) is 0.846. The van der Waals surface area contributed by atoms with Crippen molar-refractivity contribution in [2.75, 3.05) is 13.4 Å². The van der Waals surface area contributed by atoms with Crippen molar-refractivity contribution in [1.29, 1.82) is 0 Å². The van der Waals surface area contributed by atoms with Crippen LogP contribution in [0.15, 0.2) is 34.9 Å². The Bertz CT molecular complexity index is 766. The molecular weight excluding hydrogens is 314 g/mol. The monoisotopic (exact) mass is 331 g/mol. The first-order chi connectivity index (χ1) is 11.5. The van der Waals surface area contributed by atoms with E-state index in [9.17, 15) is 9.59 Å². The van der Waals surface area contributed by atoms with Gasteiger partial charge in [-0.05, 0) is 37.6 Å². The van der Waals surface area contributed by atoms with Crippen molar-refractivity contribution >= 4 is 11.9 Å². The maximum Gasteiger partial charge on any atom is 0.342 e. The highest BCUT2D eigenvalue weighted by Crippen LogP contribution is 2.34. The van der Waals surface area contributed by atoms with E-state index in [1.54, 1.807) is 13.0 Å². The molecule has 7 nitrogen and oxygen atoms in total. The topological polar surface area (TPSA) is 87.0 Å². The van der Waals surface area contributed by atoms with E-state index >= 15 is 0 Å². The molecule has 24 heavy (non-hydrogen) atoms. The number of benzene rings is 1. The summed E-state index contributed by atoms with van der Waals surface area (Å²) >= 11 is 0. The fourth-order valence-electron chi connectivity index (χ4n) is 2.35. The number of hydrogen-bond donors (Lipinski definition) is 1. The van der Waals surface area contributed by atoms with E-state index in [4.69, 9.17) is 18.6 Å². The van der Waals surface area contributed by atoms with Crippen molar-refractivity contribution < 1.29 is 28.2 Å². The number of amides is 1. The molecule has 3 rings (SSSR count). The van der Waals surface area contributed by atoms with Crippen LogP contribution in [0.4, 0.5) is 0 Å². The molecule has 0 saturated carbocycles. The zero-order chi connectivity index (χ0) is 17.1. The molecule has 1 amide bonds. The van der Waals surface area contributed by atoms with Gasteiger partial charge in [-0.25, -0.2) is 4.79 Å². The third kappa shape index (κ3) is 3.34. The van der Waals surface area contributed by atoms with Crippen molar-refractivity contribution in [2.45, 2.75) is 19.9 Å². The first kappa shape index (κ1) is 15.9. The van der Waals surface area contributed by atoms with E-state index < -0.39 is 11.9 Å². The van der Waals surface area contributed by atoms with Gasteiger partial charge in [-0.3, -0.25) is 4.79 Å². The highest BCUT2D eigenvalue weighted by Gasteiger charge is 2.18. The summed E-state index contributed by atoms with van der Waals surface area (Å²) in [5.74, 6) is 0.799. The molecule has 0 fully saturated rings. The second-order valence-corrected chi connectivity index (χ2v) is 5.37. The Kier molecular flexibility index (Phi) is 4.41. The number of carbonyl (C=O) groups excluding carboxylic acids is 2. The minimum absolute atomic E-state index is 0.197. The molecule has 126 valence electrons. The third-order valence-electron chi connectivity index (χ3n) is 3.69. The molecule has 7 heteroatoms. The summed E-state index contributed by atoms with van der Waals surface area (Å²) in [6.45, 7) is 3.32. The molecule has 2 heterocycles. The largest absolute Gasteiger partial charge is 0.469 e. The van der Waals surface area contributed by atoms with Gasteiger partial charge >= 0.3 is 5.97 Å². The summed E-state index contributed by atoms with van der Waals surface area (Å²) in [5.41, 5.74) is 1.18. The Morgan fingerprint density at radius 2 is 2.04 bits per heavy atom. The SMILES string of the molecule is Cc1occc1C(=O)OCC(=O)NC(C)c1ccc2c(c1)OCO2. The normalized spacial score (nSPS) is 13.4. The lowest BCUT2D eigenvalue weighted by atomic mass is 10.1. The molecule has 1 unspecified atom stereocenters. The molecular formula is C17H17NO6. The number of fused-ring (bicyclic) bond motifs is 1. The molecule has 1 atom stereocenters. The van der Waals surface area contributed by atoms with E-state index in [-0.39, 0.29) is 19.4 Å². The Morgan fingerprint density at radius 1 is 1.25 bits per heavy atom. The van der Waals surface area contributed by atoms with Gasteiger partial charge in [0.25, 0.3) is 5.91 Å². The van der Waals surface area contributed by atoms with Gasteiger partial charge < -0.3 is 23.9 Å². The van der Waals surface area contributed by atoms with Gasteiger partial charge in [0, 0.05) is 0 Å². The fourth-order valence-corrected chi connectivity index (χ4v) is 2.35. The lowest BCUT2D eigenvalue weighted by Gasteiger charge is -2.14. The molecule has 0 aliphatic carbocycles. The van der Waals surface area contributed by atoms with Crippen LogP contribution in [0.5, 0.6) is 11.5 Å². The second kappa shape index (κ2) is 6.66. The Hall–Kier alpha value is -2.96. The smallest absolute Gasteiger partial charge is 0.342 e. The zero-order valence-electron chi connectivity index (χ0n) is 13.3. The average Bonchev–Trinajstić information content (AvgIpc) is 3.20. The molecule has 2 aromatic rings. The molecule has 0 spiro atoms. The Morgan fingerprint density at radius 3 is 2.79 bits per heavy atom. The van der Waals surface area contributed by atoms with Gasteiger partial charge in [-0.2, -0.15) is 0 Å². The average molecular weight is 331 g/mol. The molecule has 0 saturated heterocycles. The number of hydrogen-bond acceptors (Lipinski definition) is 6. The van der Waals surface area contributed by atoms with E-state index in [0.717, 1.165) is 5.56 Å². The summed E-state index contributed by atoms with van der Waals surface area (Å²) < 4.78 is 20.6. The van der Waals surface area contributed by atoms with Crippen LogP contribution in [-0.4, -0.2) is 25.3 Å².